The van der Waals surface area contributed by atoms with Crippen molar-refractivity contribution < 1.29 is 4.42 Å². The zero-order valence-corrected chi connectivity index (χ0v) is 7.01. The molecule has 0 amide bonds. The van der Waals surface area contributed by atoms with Crippen molar-refractivity contribution in [2.24, 2.45) is 0 Å². The topological polar surface area (TPSA) is 13.1 Å². The third-order valence-electron chi connectivity index (χ3n) is 1.61. The SMILES string of the molecule is Clc1c[c]cc(-c2ccoc2)c1. The van der Waals surface area contributed by atoms with Gasteiger partial charge in [0.15, 0.2) is 0 Å². The minimum atomic E-state index is 0.689. The summed E-state index contributed by atoms with van der Waals surface area (Å²) < 4.78 is 4.95. The number of rotatable bonds is 1. The van der Waals surface area contributed by atoms with E-state index in [9.17, 15) is 0 Å². The van der Waals surface area contributed by atoms with Crippen molar-refractivity contribution in [3.8, 4) is 11.1 Å². The summed E-state index contributed by atoms with van der Waals surface area (Å²) >= 11 is 5.80. The summed E-state index contributed by atoms with van der Waals surface area (Å²) in [5, 5.41) is 0.689. The van der Waals surface area contributed by atoms with Crippen LogP contribution in [0.3, 0.4) is 0 Å². The fourth-order valence-electron chi connectivity index (χ4n) is 1.04. The largest absolute Gasteiger partial charge is 0.472 e. The van der Waals surface area contributed by atoms with Crippen LogP contribution in [0, 0.1) is 6.07 Å². The lowest BCUT2D eigenvalue weighted by Gasteiger charge is -1.95. The first-order valence-corrected chi connectivity index (χ1v) is 3.93. The average Bonchev–Trinajstić information content (AvgIpc) is 2.56. The molecule has 2 rings (SSSR count). The number of furan rings is 1. The van der Waals surface area contributed by atoms with Crippen LogP contribution in [0.4, 0.5) is 0 Å². The molecule has 0 bridgehead atoms. The summed E-state index contributed by atoms with van der Waals surface area (Å²) in [5.74, 6) is 0. The highest BCUT2D eigenvalue weighted by Crippen LogP contribution is 2.22. The second-order valence-corrected chi connectivity index (χ2v) is 2.89. The molecule has 0 saturated heterocycles. The second-order valence-electron chi connectivity index (χ2n) is 2.45. The van der Waals surface area contributed by atoms with Crippen LogP contribution < -0.4 is 0 Å². The highest BCUT2D eigenvalue weighted by Gasteiger charge is 1.98. The Hall–Kier alpha value is -1.21. The molecule has 59 valence electrons. The lowest BCUT2D eigenvalue weighted by Crippen LogP contribution is -1.72. The monoisotopic (exact) mass is 177 g/mol. The standard InChI is InChI=1S/C10H6ClO/c11-10-3-1-2-8(6-10)9-4-5-12-7-9/h2-7H. The molecule has 0 N–H and O–H groups in total. The van der Waals surface area contributed by atoms with Crippen LogP contribution in [-0.2, 0) is 0 Å². The Morgan fingerprint density at radius 1 is 1.25 bits per heavy atom. The van der Waals surface area contributed by atoms with E-state index in [1.807, 2.05) is 18.2 Å². The predicted molar refractivity (Wildman–Crippen MR) is 48.0 cm³/mol. The summed E-state index contributed by atoms with van der Waals surface area (Å²) in [4.78, 5) is 0. The third-order valence-corrected chi connectivity index (χ3v) is 1.83. The molecule has 0 aliphatic carbocycles. The van der Waals surface area contributed by atoms with Crippen molar-refractivity contribution in [1.29, 1.82) is 0 Å². The molecule has 12 heavy (non-hydrogen) atoms. The summed E-state index contributed by atoms with van der Waals surface area (Å²) in [6, 6.07) is 10.3. The van der Waals surface area contributed by atoms with Crippen molar-refractivity contribution >= 4 is 11.6 Å². The molecule has 0 saturated carbocycles. The number of halogens is 1. The van der Waals surface area contributed by atoms with Crippen LogP contribution in [0.2, 0.25) is 5.02 Å². The highest BCUT2D eigenvalue weighted by molar-refractivity contribution is 6.30. The molecular formula is C10H6ClO. The van der Waals surface area contributed by atoms with E-state index >= 15 is 0 Å². The molecule has 1 heterocycles. The first-order chi connectivity index (χ1) is 5.86. The first kappa shape index (κ1) is 7.44. The molecule has 0 aliphatic rings. The van der Waals surface area contributed by atoms with Gasteiger partial charge < -0.3 is 4.42 Å². The van der Waals surface area contributed by atoms with E-state index in [2.05, 4.69) is 6.07 Å². The Morgan fingerprint density at radius 3 is 2.83 bits per heavy atom. The molecule has 2 aromatic rings. The highest BCUT2D eigenvalue weighted by atomic mass is 35.5. The number of benzene rings is 1. The summed E-state index contributed by atoms with van der Waals surface area (Å²) in [7, 11) is 0. The lowest BCUT2D eigenvalue weighted by atomic mass is 10.1. The molecule has 1 nitrogen and oxygen atoms in total. The Kier molecular flexibility index (Phi) is 1.88. The molecule has 1 aromatic carbocycles. The van der Waals surface area contributed by atoms with E-state index < -0.39 is 0 Å². The average molecular weight is 178 g/mol. The molecule has 2 heteroatoms. The van der Waals surface area contributed by atoms with Gasteiger partial charge in [-0.15, -0.1) is 0 Å². The van der Waals surface area contributed by atoms with Gasteiger partial charge in [-0.05, 0) is 35.9 Å². The van der Waals surface area contributed by atoms with Gasteiger partial charge >= 0.3 is 0 Å². The normalized spacial score (nSPS) is 10.1. The fourth-order valence-corrected chi connectivity index (χ4v) is 1.22. The van der Waals surface area contributed by atoms with E-state index in [0.717, 1.165) is 11.1 Å². The van der Waals surface area contributed by atoms with Gasteiger partial charge in [0.2, 0.25) is 0 Å². The fraction of sp³-hybridized carbons (Fsp3) is 0. The van der Waals surface area contributed by atoms with E-state index in [0.29, 0.717) is 5.02 Å². The smallest absolute Gasteiger partial charge is 0.0980 e. The lowest BCUT2D eigenvalue weighted by molar-refractivity contribution is 0.568. The molecule has 0 fully saturated rings. The molecule has 0 unspecified atom stereocenters. The maximum absolute atomic E-state index is 5.80. The molecule has 0 spiro atoms. The van der Waals surface area contributed by atoms with Crippen LogP contribution in [0.1, 0.15) is 0 Å². The van der Waals surface area contributed by atoms with Crippen LogP contribution in [0.5, 0.6) is 0 Å². The second kappa shape index (κ2) is 3.03. The summed E-state index contributed by atoms with van der Waals surface area (Å²) in [6.07, 6.45) is 3.32. The Labute approximate surface area is 75.6 Å². The number of hydrogen-bond acceptors (Lipinski definition) is 1. The van der Waals surface area contributed by atoms with Gasteiger partial charge in [-0.2, -0.15) is 0 Å². The Balaban J connectivity index is 2.48. The van der Waals surface area contributed by atoms with Gasteiger partial charge in [-0.3, -0.25) is 0 Å². The molecule has 1 aromatic heterocycles. The van der Waals surface area contributed by atoms with Crippen molar-refractivity contribution in [1.82, 2.24) is 0 Å². The number of hydrogen-bond donors (Lipinski definition) is 0. The van der Waals surface area contributed by atoms with E-state index in [1.165, 1.54) is 0 Å². The molecular weight excluding hydrogens is 172 g/mol. The van der Waals surface area contributed by atoms with Crippen LogP contribution in [0.15, 0.2) is 41.2 Å². The van der Waals surface area contributed by atoms with Gasteiger partial charge in [0.05, 0.1) is 12.5 Å². The quantitative estimate of drug-likeness (QED) is 0.651. The zero-order valence-electron chi connectivity index (χ0n) is 6.25. The van der Waals surface area contributed by atoms with Crippen molar-refractivity contribution in [3.63, 3.8) is 0 Å². The molecule has 0 atom stereocenters. The minimum absolute atomic E-state index is 0.689. The third kappa shape index (κ3) is 1.36. The Morgan fingerprint density at radius 2 is 2.17 bits per heavy atom. The maximum Gasteiger partial charge on any atom is 0.0980 e. The van der Waals surface area contributed by atoms with Gasteiger partial charge in [0.25, 0.3) is 0 Å². The van der Waals surface area contributed by atoms with Gasteiger partial charge in [-0.25, -0.2) is 0 Å². The maximum atomic E-state index is 5.80. The van der Waals surface area contributed by atoms with Gasteiger partial charge in [-0.1, -0.05) is 11.6 Å². The van der Waals surface area contributed by atoms with Crippen LogP contribution in [0.25, 0.3) is 11.1 Å². The minimum Gasteiger partial charge on any atom is -0.472 e. The predicted octanol–water partition coefficient (Wildman–Crippen LogP) is 3.40. The van der Waals surface area contributed by atoms with E-state index in [1.54, 1.807) is 18.6 Å². The first-order valence-electron chi connectivity index (χ1n) is 3.55. The van der Waals surface area contributed by atoms with Crippen LogP contribution in [-0.4, -0.2) is 0 Å². The van der Waals surface area contributed by atoms with Crippen molar-refractivity contribution in [2.75, 3.05) is 0 Å². The van der Waals surface area contributed by atoms with Crippen LogP contribution >= 0.6 is 11.6 Å². The van der Waals surface area contributed by atoms with E-state index in [-0.39, 0.29) is 0 Å². The summed E-state index contributed by atoms with van der Waals surface area (Å²) in [5.41, 5.74) is 2.05. The van der Waals surface area contributed by atoms with Crippen molar-refractivity contribution in [3.05, 3.63) is 47.9 Å². The van der Waals surface area contributed by atoms with Gasteiger partial charge in [0.1, 0.15) is 0 Å². The van der Waals surface area contributed by atoms with Gasteiger partial charge in [0, 0.05) is 10.6 Å². The summed E-state index contributed by atoms with van der Waals surface area (Å²) in [6.45, 7) is 0. The molecule has 1 radical (unpaired) electrons. The zero-order chi connectivity index (χ0) is 8.39. The molecule has 0 aliphatic heterocycles. The Bertz CT molecular complexity index is 365. The van der Waals surface area contributed by atoms with E-state index in [4.69, 9.17) is 16.0 Å². The van der Waals surface area contributed by atoms with Crippen molar-refractivity contribution in [2.45, 2.75) is 0 Å².